The number of benzene rings is 3. The second kappa shape index (κ2) is 7.84. The maximum Gasteiger partial charge on any atom is 0.246 e. The molecule has 1 aliphatic rings. The van der Waals surface area contributed by atoms with Crippen molar-refractivity contribution in [3.8, 4) is 11.1 Å². The maximum atomic E-state index is 13.4. The molecule has 0 spiro atoms. The molecule has 1 saturated carbocycles. The van der Waals surface area contributed by atoms with Crippen LogP contribution in [0.15, 0.2) is 89.8 Å². The van der Waals surface area contributed by atoms with Crippen LogP contribution in [-0.2, 0) is 14.6 Å². The van der Waals surface area contributed by atoms with Gasteiger partial charge in [0, 0.05) is 5.69 Å². The largest absolute Gasteiger partial charge is 0.325 e. The Morgan fingerprint density at radius 1 is 0.724 bits per heavy atom. The molecule has 4 nitrogen and oxygen atoms in total. The molecular formula is C24H23NO3S. The SMILES string of the molecule is O=C(Nc1ccc(-c2ccccc2)cc1)C1(S(=O)(=O)c2ccccc2)CCCC1. The summed E-state index contributed by atoms with van der Waals surface area (Å²) in [5, 5.41) is 2.86. The van der Waals surface area contributed by atoms with Gasteiger partial charge in [0.05, 0.1) is 4.90 Å². The number of amides is 1. The number of sulfone groups is 1. The van der Waals surface area contributed by atoms with E-state index in [2.05, 4.69) is 5.32 Å². The molecule has 0 unspecified atom stereocenters. The summed E-state index contributed by atoms with van der Waals surface area (Å²) >= 11 is 0. The molecule has 0 aromatic heterocycles. The molecule has 0 bridgehead atoms. The molecule has 1 aliphatic carbocycles. The molecule has 0 radical (unpaired) electrons. The van der Waals surface area contributed by atoms with E-state index < -0.39 is 20.5 Å². The molecule has 3 aromatic rings. The quantitative estimate of drug-likeness (QED) is 0.644. The maximum absolute atomic E-state index is 13.4. The minimum Gasteiger partial charge on any atom is -0.325 e. The number of nitrogens with one attached hydrogen (secondary N) is 1. The first-order valence-electron chi connectivity index (χ1n) is 9.80. The molecule has 3 aromatic carbocycles. The molecule has 1 amide bonds. The van der Waals surface area contributed by atoms with Crippen molar-refractivity contribution in [2.45, 2.75) is 35.3 Å². The lowest BCUT2D eigenvalue weighted by Crippen LogP contribution is -2.47. The summed E-state index contributed by atoms with van der Waals surface area (Å²) in [5.41, 5.74) is 2.73. The lowest BCUT2D eigenvalue weighted by atomic mass is 10.0. The van der Waals surface area contributed by atoms with Crippen LogP contribution >= 0.6 is 0 Å². The summed E-state index contributed by atoms with van der Waals surface area (Å²) in [6, 6.07) is 25.7. The summed E-state index contributed by atoms with van der Waals surface area (Å²) in [6.07, 6.45) is 2.15. The average Bonchev–Trinajstić information content (AvgIpc) is 3.28. The predicted octanol–water partition coefficient (Wildman–Crippen LogP) is 5.08. The number of hydrogen-bond donors (Lipinski definition) is 1. The molecule has 0 heterocycles. The van der Waals surface area contributed by atoms with E-state index in [1.54, 1.807) is 30.3 Å². The zero-order valence-electron chi connectivity index (χ0n) is 16.0. The van der Waals surface area contributed by atoms with Crippen LogP contribution in [-0.4, -0.2) is 19.1 Å². The first-order valence-corrected chi connectivity index (χ1v) is 11.3. The van der Waals surface area contributed by atoms with Gasteiger partial charge in [0.1, 0.15) is 0 Å². The smallest absolute Gasteiger partial charge is 0.246 e. The molecule has 1 N–H and O–H groups in total. The monoisotopic (exact) mass is 405 g/mol. The predicted molar refractivity (Wildman–Crippen MR) is 115 cm³/mol. The molecule has 0 aliphatic heterocycles. The van der Waals surface area contributed by atoms with Gasteiger partial charge < -0.3 is 5.32 Å². The fraction of sp³-hybridized carbons (Fsp3) is 0.208. The van der Waals surface area contributed by atoms with Crippen molar-refractivity contribution in [2.75, 3.05) is 5.32 Å². The highest BCUT2D eigenvalue weighted by Gasteiger charge is 2.52. The first kappa shape index (κ1) is 19.4. The van der Waals surface area contributed by atoms with E-state index >= 15 is 0 Å². The third-order valence-corrected chi connectivity index (χ3v) is 8.16. The highest BCUT2D eigenvalue weighted by molar-refractivity contribution is 7.93. The zero-order valence-corrected chi connectivity index (χ0v) is 16.9. The summed E-state index contributed by atoms with van der Waals surface area (Å²) in [7, 11) is -3.78. The topological polar surface area (TPSA) is 63.2 Å². The van der Waals surface area contributed by atoms with Gasteiger partial charge in [-0.25, -0.2) is 8.42 Å². The summed E-state index contributed by atoms with van der Waals surface area (Å²) < 4.78 is 25.3. The van der Waals surface area contributed by atoms with E-state index in [0.29, 0.717) is 18.5 Å². The number of rotatable bonds is 5. The second-order valence-corrected chi connectivity index (χ2v) is 9.68. The van der Waals surface area contributed by atoms with Crippen molar-refractivity contribution in [3.05, 3.63) is 84.9 Å². The summed E-state index contributed by atoms with van der Waals surface area (Å²) in [5.74, 6) is -0.439. The van der Waals surface area contributed by atoms with Gasteiger partial charge in [0.2, 0.25) is 5.91 Å². The number of anilines is 1. The van der Waals surface area contributed by atoms with Crippen LogP contribution in [0.1, 0.15) is 25.7 Å². The fourth-order valence-electron chi connectivity index (χ4n) is 4.01. The minimum atomic E-state index is -3.78. The molecular weight excluding hydrogens is 382 g/mol. The van der Waals surface area contributed by atoms with Crippen LogP contribution in [0.5, 0.6) is 0 Å². The Hall–Kier alpha value is -2.92. The van der Waals surface area contributed by atoms with Crippen LogP contribution in [0.4, 0.5) is 5.69 Å². The number of carbonyl (C=O) groups excluding carboxylic acids is 1. The highest BCUT2D eigenvalue weighted by atomic mass is 32.2. The van der Waals surface area contributed by atoms with E-state index in [0.717, 1.165) is 24.0 Å². The Kier molecular flexibility index (Phi) is 5.24. The number of hydrogen-bond acceptors (Lipinski definition) is 3. The second-order valence-electron chi connectivity index (χ2n) is 7.42. The van der Waals surface area contributed by atoms with Crippen LogP contribution in [0.25, 0.3) is 11.1 Å². The van der Waals surface area contributed by atoms with Crippen molar-refractivity contribution in [2.24, 2.45) is 0 Å². The van der Waals surface area contributed by atoms with Crippen LogP contribution in [0.2, 0.25) is 0 Å². The van der Waals surface area contributed by atoms with Gasteiger partial charge in [-0.1, -0.05) is 73.5 Å². The van der Waals surface area contributed by atoms with Gasteiger partial charge in [-0.15, -0.1) is 0 Å². The lowest BCUT2D eigenvalue weighted by molar-refractivity contribution is -0.118. The highest BCUT2D eigenvalue weighted by Crippen LogP contribution is 2.41. The van der Waals surface area contributed by atoms with Gasteiger partial charge in [-0.3, -0.25) is 4.79 Å². The fourth-order valence-corrected chi connectivity index (χ4v) is 6.10. The van der Waals surface area contributed by atoms with Crippen molar-refractivity contribution >= 4 is 21.4 Å². The van der Waals surface area contributed by atoms with Crippen molar-refractivity contribution in [3.63, 3.8) is 0 Å². The van der Waals surface area contributed by atoms with Crippen molar-refractivity contribution < 1.29 is 13.2 Å². The third kappa shape index (κ3) is 3.58. The Balaban J connectivity index is 1.60. The van der Waals surface area contributed by atoms with Gasteiger partial charge >= 0.3 is 0 Å². The lowest BCUT2D eigenvalue weighted by Gasteiger charge is -2.27. The van der Waals surface area contributed by atoms with E-state index in [4.69, 9.17) is 0 Å². The Morgan fingerprint density at radius 3 is 1.83 bits per heavy atom. The van der Waals surface area contributed by atoms with Crippen LogP contribution in [0.3, 0.4) is 0 Å². The zero-order chi connectivity index (χ0) is 20.3. The Bertz CT molecular complexity index is 1090. The Labute approximate surface area is 171 Å². The molecule has 0 atom stereocenters. The third-order valence-electron chi connectivity index (χ3n) is 5.64. The van der Waals surface area contributed by atoms with Crippen molar-refractivity contribution in [1.82, 2.24) is 0 Å². The summed E-state index contributed by atoms with van der Waals surface area (Å²) in [4.78, 5) is 13.4. The molecule has 1 fully saturated rings. The van der Waals surface area contributed by atoms with Gasteiger partial charge in [-0.05, 0) is 48.2 Å². The molecule has 0 saturated heterocycles. The number of carbonyl (C=O) groups is 1. The van der Waals surface area contributed by atoms with E-state index in [-0.39, 0.29) is 4.90 Å². The van der Waals surface area contributed by atoms with Crippen molar-refractivity contribution in [1.29, 1.82) is 0 Å². The molecule has 148 valence electrons. The van der Waals surface area contributed by atoms with E-state index in [1.807, 2.05) is 54.6 Å². The van der Waals surface area contributed by atoms with Crippen LogP contribution < -0.4 is 5.32 Å². The minimum absolute atomic E-state index is 0.205. The standard InChI is InChI=1S/C24H23NO3S/c26-23(25-21-15-13-20(14-16-21)19-9-3-1-4-10-19)24(17-7-8-18-24)29(27,28)22-11-5-2-6-12-22/h1-6,9-16H,7-8,17-18H2,(H,25,26). The molecule has 4 rings (SSSR count). The molecule has 29 heavy (non-hydrogen) atoms. The van der Waals surface area contributed by atoms with E-state index in [1.165, 1.54) is 0 Å². The van der Waals surface area contributed by atoms with Gasteiger partial charge in [0.15, 0.2) is 14.6 Å². The van der Waals surface area contributed by atoms with E-state index in [9.17, 15) is 13.2 Å². The van der Waals surface area contributed by atoms with Gasteiger partial charge in [0.25, 0.3) is 0 Å². The molecule has 5 heteroatoms. The van der Waals surface area contributed by atoms with Crippen LogP contribution in [0, 0.1) is 0 Å². The average molecular weight is 406 g/mol. The Morgan fingerprint density at radius 2 is 1.24 bits per heavy atom. The summed E-state index contributed by atoms with van der Waals surface area (Å²) in [6.45, 7) is 0. The first-order chi connectivity index (χ1) is 14.0. The van der Waals surface area contributed by atoms with Gasteiger partial charge in [-0.2, -0.15) is 0 Å². The normalized spacial score (nSPS) is 15.7.